The first kappa shape index (κ1) is 12.2. The van der Waals surface area contributed by atoms with Crippen LogP contribution in [0.4, 0.5) is 0 Å². The molecule has 4 heteroatoms. The number of nitrogens with one attached hydrogen (secondary N) is 1. The lowest BCUT2D eigenvalue weighted by Crippen LogP contribution is -2.44. The number of aromatic nitrogens is 2. The van der Waals surface area contributed by atoms with E-state index in [0.717, 1.165) is 24.5 Å². The van der Waals surface area contributed by atoms with Crippen molar-refractivity contribution < 1.29 is 4.74 Å². The van der Waals surface area contributed by atoms with Crippen LogP contribution < -0.4 is 10.1 Å². The topological polar surface area (TPSA) is 39.1 Å². The van der Waals surface area contributed by atoms with E-state index in [1.807, 2.05) is 30.3 Å². The van der Waals surface area contributed by atoms with E-state index in [-0.39, 0.29) is 5.54 Å². The molecule has 0 aliphatic carbocycles. The molecule has 0 fully saturated rings. The second-order valence-corrected chi connectivity index (χ2v) is 5.56. The molecule has 1 aromatic heterocycles. The predicted molar refractivity (Wildman–Crippen MR) is 74.0 cm³/mol. The lowest BCUT2D eigenvalue weighted by molar-refractivity contribution is 0.252. The number of fused-ring (bicyclic) bond motifs is 1. The van der Waals surface area contributed by atoms with Gasteiger partial charge < -0.3 is 10.1 Å². The van der Waals surface area contributed by atoms with Gasteiger partial charge in [-0.05, 0) is 32.0 Å². The van der Waals surface area contributed by atoms with Crippen molar-refractivity contribution in [3.63, 3.8) is 0 Å². The highest BCUT2D eigenvalue weighted by Gasteiger charge is 2.28. The Balaban J connectivity index is 1.75. The summed E-state index contributed by atoms with van der Waals surface area (Å²) in [7, 11) is 0. The van der Waals surface area contributed by atoms with Gasteiger partial charge in [-0.25, -0.2) is 0 Å². The molecule has 4 nitrogen and oxygen atoms in total. The van der Waals surface area contributed by atoms with Crippen LogP contribution in [0.25, 0.3) is 0 Å². The Morgan fingerprint density at radius 1 is 1.32 bits per heavy atom. The third kappa shape index (κ3) is 2.49. The molecule has 0 saturated carbocycles. The molecule has 0 spiro atoms. The third-order valence-corrected chi connectivity index (χ3v) is 3.40. The van der Waals surface area contributed by atoms with E-state index in [2.05, 4.69) is 35.0 Å². The summed E-state index contributed by atoms with van der Waals surface area (Å²) in [4.78, 5) is 0. The molecule has 0 amide bonds. The maximum absolute atomic E-state index is 5.74. The second-order valence-electron chi connectivity index (χ2n) is 5.56. The van der Waals surface area contributed by atoms with Gasteiger partial charge in [-0.2, -0.15) is 5.10 Å². The molecule has 2 aromatic rings. The van der Waals surface area contributed by atoms with E-state index in [1.165, 1.54) is 5.69 Å². The van der Waals surface area contributed by atoms with Gasteiger partial charge in [0.05, 0.1) is 11.2 Å². The fourth-order valence-electron chi connectivity index (χ4n) is 2.44. The van der Waals surface area contributed by atoms with E-state index in [0.29, 0.717) is 6.61 Å². The van der Waals surface area contributed by atoms with Crippen LogP contribution in [0.2, 0.25) is 0 Å². The minimum absolute atomic E-state index is 0.0264. The first-order chi connectivity index (χ1) is 9.15. The summed E-state index contributed by atoms with van der Waals surface area (Å²) < 4.78 is 7.86. The maximum atomic E-state index is 5.74. The molecule has 2 heterocycles. The van der Waals surface area contributed by atoms with Crippen molar-refractivity contribution in [2.24, 2.45) is 0 Å². The molecule has 1 N–H and O–H groups in total. The Bertz CT molecular complexity index is 560. The number of hydrogen-bond donors (Lipinski definition) is 1. The molecule has 0 saturated heterocycles. The second kappa shape index (κ2) is 4.70. The Hall–Kier alpha value is -1.81. The lowest BCUT2D eigenvalue weighted by Gasteiger charge is -2.32. The van der Waals surface area contributed by atoms with E-state index >= 15 is 0 Å². The largest absolute Gasteiger partial charge is 0.487 e. The van der Waals surface area contributed by atoms with E-state index < -0.39 is 0 Å². The van der Waals surface area contributed by atoms with E-state index in [9.17, 15) is 0 Å². The molecule has 3 rings (SSSR count). The average Bonchev–Trinajstić information content (AvgIpc) is 2.82. The molecule has 100 valence electrons. The number of rotatable bonds is 3. The number of ether oxygens (including phenoxy) is 1. The van der Waals surface area contributed by atoms with Gasteiger partial charge in [-0.3, -0.25) is 4.68 Å². The number of hydrogen-bond acceptors (Lipinski definition) is 3. The smallest absolute Gasteiger partial charge is 0.132 e. The Morgan fingerprint density at radius 2 is 2.11 bits per heavy atom. The van der Waals surface area contributed by atoms with Crippen molar-refractivity contribution in [2.45, 2.75) is 32.5 Å². The Morgan fingerprint density at radius 3 is 2.84 bits per heavy atom. The van der Waals surface area contributed by atoms with Crippen molar-refractivity contribution in [2.75, 3.05) is 6.54 Å². The van der Waals surface area contributed by atoms with Gasteiger partial charge in [0.1, 0.15) is 18.1 Å². The van der Waals surface area contributed by atoms with Crippen LogP contribution >= 0.6 is 0 Å². The van der Waals surface area contributed by atoms with Gasteiger partial charge in [0.2, 0.25) is 0 Å². The molecule has 0 unspecified atom stereocenters. The van der Waals surface area contributed by atoms with Gasteiger partial charge in [0.25, 0.3) is 0 Å². The zero-order valence-corrected chi connectivity index (χ0v) is 11.4. The van der Waals surface area contributed by atoms with Crippen LogP contribution in [0.15, 0.2) is 36.4 Å². The summed E-state index contributed by atoms with van der Waals surface area (Å²) in [5.41, 5.74) is 2.23. The molecule has 1 aliphatic rings. The first-order valence-corrected chi connectivity index (χ1v) is 6.62. The molecule has 1 aromatic carbocycles. The van der Waals surface area contributed by atoms with Crippen LogP contribution in [-0.4, -0.2) is 16.3 Å². The van der Waals surface area contributed by atoms with Gasteiger partial charge in [0.15, 0.2) is 0 Å². The number of benzene rings is 1. The van der Waals surface area contributed by atoms with Gasteiger partial charge in [0, 0.05) is 13.1 Å². The fourth-order valence-corrected chi connectivity index (χ4v) is 2.44. The summed E-state index contributed by atoms with van der Waals surface area (Å²) in [6.45, 7) is 6.72. The third-order valence-electron chi connectivity index (χ3n) is 3.40. The summed E-state index contributed by atoms with van der Waals surface area (Å²) in [6.07, 6.45) is 0. The van der Waals surface area contributed by atoms with Crippen molar-refractivity contribution in [3.05, 3.63) is 47.8 Å². The molecule has 0 radical (unpaired) electrons. The molecule has 19 heavy (non-hydrogen) atoms. The molecular weight excluding hydrogens is 238 g/mol. The quantitative estimate of drug-likeness (QED) is 0.917. The molecule has 1 aliphatic heterocycles. The predicted octanol–water partition coefficient (Wildman–Crippen LogP) is 2.30. The highest BCUT2D eigenvalue weighted by atomic mass is 16.5. The fraction of sp³-hybridized carbons (Fsp3) is 0.400. The van der Waals surface area contributed by atoms with E-state index in [1.54, 1.807) is 0 Å². The first-order valence-electron chi connectivity index (χ1n) is 6.62. The minimum Gasteiger partial charge on any atom is -0.487 e. The SMILES string of the molecule is CC1(C)CNCc2cc(COc3ccccc3)nn21. The van der Waals surface area contributed by atoms with E-state index in [4.69, 9.17) is 4.74 Å². The summed E-state index contributed by atoms with van der Waals surface area (Å²) >= 11 is 0. The van der Waals surface area contributed by atoms with Crippen LogP contribution in [-0.2, 0) is 18.7 Å². The summed E-state index contributed by atoms with van der Waals surface area (Å²) in [5.74, 6) is 0.880. The number of nitrogens with zero attached hydrogens (tertiary/aromatic N) is 2. The van der Waals surface area contributed by atoms with Gasteiger partial charge in [-0.1, -0.05) is 18.2 Å². The highest BCUT2D eigenvalue weighted by Crippen LogP contribution is 2.22. The van der Waals surface area contributed by atoms with Crippen molar-refractivity contribution >= 4 is 0 Å². The lowest BCUT2D eigenvalue weighted by atomic mass is 10.0. The summed E-state index contributed by atoms with van der Waals surface area (Å²) in [5, 5.41) is 8.09. The highest BCUT2D eigenvalue weighted by molar-refractivity contribution is 5.22. The van der Waals surface area contributed by atoms with Crippen molar-refractivity contribution in [1.29, 1.82) is 0 Å². The number of para-hydroxylation sites is 1. The van der Waals surface area contributed by atoms with Crippen molar-refractivity contribution in [3.8, 4) is 5.75 Å². The van der Waals surface area contributed by atoms with Crippen molar-refractivity contribution in [1.82, 2.24) is 15.1 Å². The Kier molecular flexibility index (Phi) is 3.03. The maximum Gasteiger partial charge on any atom is 0.132 e. The Labute approximate surface area is 113 Å². The normalized spacial score (nSPS) is 16.9. The average molecular weight is 257 g/mol. The molecule has 0 atom stereocenters. The van der Waals surface area contributed by atoms with Crippen LogP contribution in [0, 0.1) is 0 Å². The van der Waals surface area contributed by atoms with Gasteiger partial charge in [-0.15, -0.1) is 0 Å². The van der Waals surface area contributed by atoms with Gasteiger partial charge >= 0.3 is 0 Å². The van der Waals surface area contributed by atoms with Crippen LogP contribution in [0.3, 0.4) is 0 Å². The monoisotopic (exact) mass is 257 g/mol. The molecular formula is C15H19N3O. The van der Waals surface area contributed by atoms with Crippen LogP contribution in [0.1, 0.15) is 25.2 Å². The standard InChI is InChI=1S/C15H19N3O/c1-15(2)11-16-9-13-8-12(17-18(13)15)10-19-14-6-4-3-5-7-14/h3-8,16H,9-11H2,1-2H3. The minimum atomic E-state index is 0.0264. The summed E-state index contributed by atoms with van der Waals surface area (Å²) in [6, 6.07) is 12.0. The zero-order chi connectivity index (χ0) is 13.3. The van der Waals surface area contributed by atoms with Crippen LogP contribution in [0.5, 0.6) is 5.75 Å². The molecule has 0 bridgehead atoms. The zero-order valence-electron chi connectivity index (χ0n) is 11.4.